The van der Waals surface area contributed by atoms with Gasteiger partial charge in [-0.1, -0.05) is 23.7 Å². The second kappa shape index (κ2) is 8.37. The molecule has 2 aliphatic heterocycles. The Morgan fingerprint density at radius 3 is 2.43 bits per heavy atom. The molecule has 7 nitrogen and oxygen atoms in total. The van der Waals surface area contributed by atoms with Crippen molar-refractivity contribution >= 4 is 44.8 Å². The highest BCUT2D eigenvalue weighted by molar-refractivity contribution is 7.89. The first-order valence-corrected chi connectivity index (χ1v) is 11.7. The third kappa shape index (κ3) is 3.95. The Balaban J connectivity index is 1.63. The molecule has 1 N–H and O–H groups in total. The number of para-hydroxylation sites is 2. The van der Waals surface area contributed by atoms with Crippen LogP contribution in [0.1, 0.15) is 36.0 Å². The number of rotatable bonds is 5. The molecule has 0 spiro atoms. The third-order valence-electron chi connectivity index (χ3n) is 5.40. The van der Waals surface area contributed by atoms with Gasteiger partial charge in [0.05, 0.1) is 26.9 Å². The van der Waals surface area contributed by atoms with Crippen LogP contribution in [-0.2, 0) is 14.8 Å². The Kier molecular flexibility index (Phi) is 5.81. The predicted octanol–water partition coefficient (Wildman–Crippen LogP) is 3.50. The van der Waals surface area contributed by atoms with Gasteiger partial charge in [-0.25, -0.2) is 8.42 Å². The second-order valence-electron chi connectivity index (χ2n) is 7.37. The van der Waals surface area contributed by atoms with Crippen molar-refractivity contribution in [3.63, 3.8) is 0 Å². The molecule has 9 heteroatoms. The predicted molar refractivity (Wildman–Crippen MR) is 115 cm³/mol. The van der Waals surface area contributed by atoms with E-state index < -0.39 is 15.9 Å². The van der Waals surface area contributed by atoms with Crippen molar-refractivity contribution in [2.75, 3.05) is 29.9 Å². The highest BCUT2D eigenvalue weighted by atomic mass is 35.5. The monoisotopic (exact) mass is 447 g/mol. The fraction of sp³-hybridized carbons (Fsp3) is 0.333. The Hall–Kier alpha value is -2.42. The molecule has 0 bridgehead atoms. The summed E-state index contributed by atoms with van der Waals surface area (Å²) in [6, 6.07) is 11.2. The van der Waals surface area contributed by atoms with Crippen LogP contribution in [0.3, 0.4) is 0 Å². The van der Waals surface area contributed by atoms with Crippen LogP contribution in [0.25, 0.3) is 0 Å². The summed E-state index contributed by atoms with van der Waals surface area (Å²) >= 11 is 6.22. The topological polar surface area (TPSA) is 86.8 Å². The summed E-state index contributed by atoms with van der Waals surface area (Å²) in [6.45, 7) is 1.55. The lowest BCUT2D eigenvalue weighted by Gasteiger charge is -2.20. The standard InChI is InChI=1S/C21H22ClN3O4S/c22-17-10-9-15(30(28,29)24-11-3-4-12-24)14-16(17)21(27)23-18-6-1-2-7-19(18)25-13-5-8-20(25)26/h1-2,6-7,9-10,14H,3-5,8,11-13H2,(H,23,27). The molecule has 2 aromatic carbocycles. The van der Waals surface area contributed by atoms with E-state index in [1.807, 2.05) is 0 Å². The van der Waals surface area contributed by atoms with Crippen LogP contribution in [0.15, 0.2) is 47.4 Å². The lowest BCUT2D eigenvalue weighted by molar-refractivity contribution is -0.117. The summed E-state index contributed by atoms with van der Waals surface area (Å²) in [7, 11) is -3.67. The summed E-state index contributed by atoms with van der Waals surface area (Å²) in [6.07, 6.45) is 2.90. The molecule has 4 rings (SSSR count). The maximum absolute atomic E-state index is 13.0. The van der Waals surface area contributed by atoms with Crippen LogP contribution >= 0.6 is 11.6 Å². The van der Waals surface area contributed by atoms with Gasteiger partial charge in [0.2, 0.25) is 15.9 Å². The van der Waals surface area contributed by atoms with Gasteiger partial charge in [0.1, 0.15) is 0 Å². The Labute approximate surface area is 180 Å². The van der Waals surface area contributed by atoms with Gasteiger partial charge in [0, 0.05) is 26.1 Å². The molecule has 2 amide bonds. The molecule has 2 aliphatic rings. The number of hydrogen-bond acceptors (Lipinski definition) is 4. The lowest BCUT2D eigenvalue weighted by Crippen LogP contribution is -2.28. The molecule has 2 heterocycles. The zero-order valence-corrected chi connectivity index (χ0v) is 17.9. The van der Waals surface area contributed by atoms with Gasteiger partial charge in [0.25, 0.3) is 5.91 Å². The molecule has 0 aromatic heterocycles. The summed E-state index contributed by atoms with van der Waals surface area (Å²) in [5.74, 6) is -0.522. The van der Waals surface area contributed by atoms with E-state index in [2.05, 4.69) is 5.32 Å². The zero-order chi connectivity index (χ0) is 21.3. The minimum absolute atomic E-state index is 0.00781. The van der Waals surface area contributed by atoms with Gasteiger partial charge >= 0.3 is 0 Å². The first-order valence-electron chi connectivity index (χ1n) is 9.88. The molecule has 0 radical (unpaired) electrons. The smallest absolute Gasteiger partial charge is 0.257 e. The number of amides is 2. The zero-order valence-electron chi connectivity index (χ0n) is 16.3. The quantitative estimate of drug-likeness (QED) is 0.759. The Bertz CT molecular complexity index is 1100. The van der Waals surface area contributed by atoms with Gasteiger partial charge in [-0.05, 0) is 49.6 Å². The van der Waals surface area contributed by atoms with E-state index in [0.717, 1.165) is 19.3 Å². The van der Waals surface area contributed by atoms with E-state index >= 15 is 0 Å². The Morgan fingerprint density at radius 2 is 1.73 bits per heavy atom. The number of nitrogens with one attached hydrogen (secondary N) is 1. The van der Waals surface area contributed by atoms with Crippen LogP contribution in [0, 0.1) is 0 Å². The summed E-state index contributed by atoms with van der Waals surface area (Å²) in [5, 5.41) is 2.94. The van der Waals surface area contributed by atoms with Crippen molar-refractivity contribution in [2.45, 2.75) is 30.6 Å². The van der Waals surface area contributed by atoms with E-state index in [1.165, 1.54) is 22.5 Å². The fourth-order valence-electron chi connectivity index (χ4n) is 3.82. The normalized spacial score (nSPS) is 17.5. The minimum Gasteiger partial charge on any atom is -0.320 e. The van der Waals surface area contributed by atoms with Crippen molar-refractivity contribution in [3.8, 4) is 0 Å². The number of sulfonamides is 1. The van der Waals surface area contributed by atoms with Crippen molar-refractivity contribution in [3.05, 3.63) is 53.1 Å². The van der Waals surface area contributed by atoms with Gasteiger partial charge in [-0.15, -0.1) is 0 Å². The second-order valence-corrected chi connectivity index (χ2v) is 9.72. The number of benzene rings is 2. The van der Waals surface area contributed by atoms with Gasteiger partial charge in [-0.2, -0.15) is 4.31 Å². The molecule has 0 aliphatic carbocycles. The van der Waals surface area contributed by atoms with E-state index in [9.17, 15) is 18.0 Å². The third-order valence-corrected chi connectivity index (χ3v) is 7.63. The fourth-order valence-corrected chi connectivity index (χ4v) is 5.57. The van der Waals surface area contributed by atoms with E-state index in [4.69, 9.17) is 11.6 Å². The number of carbonyl (C=O) groups excluding carboxylic acids is 2. The molecule has 0 atom stereocenters. The maximum Gasteiger partial charge on any atom is 0.257 e. The largest absolute Gasteiger partial charge is 0.320 e. The van der Waals surface area contributed by atoms with Crippen LogP contribution in [0.4, 0.5) is 11.4 Å². The summed E-state index contributed by atoms with van der Waals surface area (Å²) < 4.78 is 27.1. The van der Waals surface area contributed by atoms with E-state index in [1.54, 1.807) is 29.2 Å². The number of anilines is 2. The average Bonchev–Trinajstić information content (AvgIpc) is 3.41. The van der Waals surface area contributed by atoms with Crippen LogP contribution < -0.4 is 10.2 Å². The number of halogens is 1. The van der Waals surface area contributed by atoms with Gasteiger partial charge in [-0.3, -0.25) is 9.59 Å². The van der Waals surface area contributed by atoms with Crippen molar-refractivity contribution < 1.29 is 18.0 Å². The molecule has 30 heavy (non-hydrogen) atoms. The van der Waals surface area contributed by atoms with Crippen LogP contribution in [0.2, 0.25) is 5.02 Å². The minimum atomic E-state index is -3.67. The number of nitrogens with zero attached hydrogens (tertiary/aromatic N) is 2. The van der Waals surface area contributed by atoms with Crippen LogP contribution in [-0.4, -0.2) is 44.2 Å². The molecule has 2 saturated heterocycles. The summed E-state index contributed by atoms with van der Waals surface area (Å²) in [5.41, 5.74) is 1.16. The summed E-state index contributed by atoms with van der Waals surface area (Å²) in [4.78, 5) is 26.8. The van der Waals surface area contributed by atoms with Gasteiger partial charge < -0.3 is 10.2 Å². The maximum atomic E-state index is 13.0. The molecule has 2 fully saturated rings. The number of carbonyl (C=O) groups is 2. The molecule has 0 saturated carbocycles. The average molecular weight is 448 g/mol. The molecule has 2 aromatic rings. The lowest BCUT2D eigenvalue weighted by atomic mass is 10.2. The number of hydrogen-bond donors (Lipinski definition) is 1. The SMILES string of the molecule is O=C(Nc1ccccc1N1CCCC1=O)c1cc(S(=O)(=O)N2CCCC2)ccc1Cl. The van der Waals surface area contributed by atoms with E-state index in [-0.39, 0.29) is 21.4 Å². The van der Waals surface area contributed by atoms with E-state index in [0.29, 0.717) is 37.4 Å². The highest BCUT2D eigenvalue weighted by Gasteiger charge is 2.29. The molecule has 0 unspecified atom stereocenters. The first-order chi connectivity index (χ1) is 14.4. The van der Waals surface area contributed by atoms with Crippen molar-refractivity contribution in [1.29, 1.82) is 0 Å². The highest BCUT2D eigenvalue weighted by Crippen LogP contribution is 2.31. The molecular formula is C21H22ClN3O4S. The molecular weight excluding hydrogens is 426 g/mol. The van der Waals surface area contributed by atoms with Crippen LogP contribution in [0.5, 0.6) is 0 Å². The first kappa shape index (κ1) is 20.8. The van der Waals surface area contributed by atoms with Crippen molar-refractivity contribution in [1.82, 2.24) is 4.31 Å². The van der Waals surface area contributed by atoms with Crippen molar-refractivity contribution in [2.24, 2.45) is 0 Å². The Morgan fingerprint density at radius 1 is 1.00 bits per heavy atom. The molecule has 158 valence electrons. The van der Waals surface area contributed by atoms with Gasteiger partial charge in [0.15, 0.2) is 0 Å².